The smallest absolute Gasteiger partial charge is 0.300 e. The van der Waals surface area contributed by atoms with Crippen molar-refractivity contribution in [3.05, 3.63) is 83.2 Å². The van der Waals surface area contributed by atoms with Gasteiger partial charge in [-0.1, -0.05) is 30.0 Å². The van der Waals surface area contributed by atoms with Gasteiger partial charge in [0.25, 0.3) is 0 Å². The van der Waals surface area contributed by atoms with Gasteiger partial charge in [-0.3, -0.25) is 18.6 Å². The van der Waals surface area contributed by atoms with E-state index < -0.39 is 0 Å². The summed E-state index contributed by atoms with van der Waals surface area (Å²) in [5, 5.41) is 11.1. The molecule has 2 aromatic heterocycles. The van der Waals surface area contributed by atoms with E-state index in [-0.39, 0.29) is 28.7 Å². The van der Waals surface area contributed by atoms with Crippen molar-refractivity contribution >= 4 is 29.0 Å². The molecule has 0 saturated carbocycles. The van der Waals surface area contributed by atoms with Crippen LogP contribution >= 0.6 is 11.8 Å². The fourth-order valence-corrected chi connectivity index (χ4v) is 3.33. The van der Waals surface area contributed by atoms with Crippen LogP contribution in [-0.2, 0) is 4.79 Å². The SMILES string of the molecule is O=C(CSc1nnc2c(=O)n(-c3ccccc3)ccn12)Nc1ccc(F)cc1. The molecule has 0 fully saturated rings. The van der Waals surface area contributed by atoms with Crippen molar-refractivity contribution in [3.63, 3.8) is 0 Å². The standard InChI is InChI=1S/C19H14FN5O2S/c20-13-6-8-14(9-7-13)21-16(26)12-28-19-23-22-17-18(27)24(10-11-25(17)19)15-4-2-1-3-5-15/h1-11H,12H2,(H,21,26). The first-order valence-electron chi connectivity index (χ1n) is 8.32. The third-order valence-corrected chi connectivity index (χ3v) is 4.88. The summed E-state index contributed by atoms with van der Waals surface area (Å²) >= 11 is 1.15. The minimum absolute atomic E-state index is 0.0694. The van der Waals surface area contributed by atoms with Gasteiger partial charge in [0.05, 0.1) is 5.75 Å². The van der Waals surface area contributed by atoms with Crippen molar-refractivity contribution < 1.29 is 9.18 Å². The van der Waals surface area contributed by atoms with E-state index in [4.69, 9.17) is 0 Å². The number of hydrogen-bond acceptors (Lipinski definition) is 5. The maximum absolute atomic E-state index is 12.9. The van der Waals surface area contributed by atoms with Crippen LogP contribution in [0.4, 0.5) is 10.1 Å². The highest BCUT2D eigenvalue weighted by atomic mass is 32.2. The molecule has 0 unspecified atom stereocenters. The zero-order valence-corrected chi connectivity index (χ0v) is 15.3. The van der Waals surface area contributed by atoms with Crippen molar-refractivity contribution in [1.82, 2.24) is 19.2 Å². The predicted molar refractivity (Wildman–Crippen MR) is 104 cm³/mol. The summed E-state index contributed by atoms with van der Waals surface area (Å²) in [4.78, 5) is 24.8. The molecule has 0 aliphatic rings. The highest BCUT2D eigenvalue weighted by Gasteiger charge is 2.13. The molecular weight excluding hydrogens is 381 g/mol. The van der Waals surface area contributed by atoms with Gasteiger partial charge in [-0.05, 0) is 36.4 Å². The number of carbonyl (C=O) groups is 1. The van der Waals surface area contributed by atoms with Crippen LogP contribution in [0.15, 0.2) is 76.9 Å². The predicted octanol–water partition coefficient (Wildman–Crippen LogP) is 2.75. The van der Waals surface area contributed by atoms with Crippen LogP contribution in [0.3, 0.4) is 0 Å². The number of para-hydroxylation sites is 1. The first-order chi connectivity index (χ1) is 13.6. The lowest BCUT2D eigenvalue weighted by molar-refractivity contribution is -0.113. The molecule has 7 nitrogen and oxygen atoms in total. The van der Waals surface area contributed by atoms with Crippen LogP contribution in [0.5, 0.6) is 0 Å². The van der Waals surface area contributed by atoms with Crippen molar-refractivity contribution in [3.8, 4) is 5.69 Å². The monoisotopic (exact) mass is 395 g/mol. The summed E-state index contributed by atoms with van der Waals surface area (Å²) in [7, 11) is 0. The van der Waals surface area contributed by atoms with E-state index in [0.29, 0.717) is 10.8 Å². The van der Waals surface area contributed by atoms with Crippen LogP contribution in [0, 0.1) is 5.82 Å². The normalized spacial score (nSPS) is 10.9. The number of fused-ring (bicyclic) bond motifs is 1. The number of nitrogens with one attached hydrogen (secondary N) is 1. The van der Waals surface area contributed by atoms with Crippen molar-refractivity contribution in [2.45, 2.75) is 5.16 Å². The van der Waals surface area contributed by atoms with Gasteiger partial charge in [-0.2, -0.15) is 0 Å². The Balaban J connectivity index is 1.50. The van der Waals surface area contributed by atoms with Gasteiger partial charge in [0, 0.05) is 23.8 Å². The Kier molecular flexibility index (Phi) is 4.90. The first-order valence-corrected chi connectivity index (χ1v) is 9.30. The Morgan fingerprint density at radius 1 is 1.04 bits per heavy atom. The number of amides is 1. The Hall–Kier alpha value is -3.46. The summed E-state index contributed by atoms with van der Waals surface area (Å²) in [5.74, 6) is -0.575. The molecule has 0 radical (unpaired) electrons. The van der Waals surface area contributed by atoms with Gasteiger partial charge in [0.1, 0.15) is 5.82 Å². The third kappa shape index (κ3) is 3.65. The van der Waals surface area contributed by atoms with Gasteiger partial charge >= 0.3 is 5.56 Å². The second-order valence-corrected chi connectivity index (χ2v) is 6.77. The number of benzene rings is 2. The topological polar surface area (TPSA) is 81.3 Å². The highest BCUT2D eigenvalue weighted by molar-refractivity contribution is 7.99. The lowest BCUT2D eigenvalue weighted by Gasteiger charge is -2.06. The molecule has 0 bridgehead atoms. The van der Waals surface area contributed by atoms with E-state index in [9.17, 15) is 14.0 Å². The van der Waals surface area contributed by atoms with E-state index in [1.165, 1.54) is 28.8 Å². The zero-order valence-electron chi connectivity index (χ0n) is 14.4. The van der Waals surface area contributed by atoms with Crippen LogP contribution in [0.25, 0.3) is 11.3 Å². The Bertz CT molecular complexity index is 1190. The summed E-state index contributed by atoms with van der Waals surface area (Å²) in [6, 6.07) is 14.7. The molecular formula is C19H14FN5O2S. The lowest BCUT2D eigenvalue weighted by Crippen LogP contribution is -2.20. The minimum Gasteiger partial charge on any atom is -0.325 e. The van der Waals surface area contributed by atoms with Gasteiger partial charge in [0.15, 0.2) is 5.16 Å². The third-order valence-electron chi connectivity index (χ3n) is 3.93. The fourth-order valence-electron chi connectivity index (χ4n) is 2.62. The quantitative estimate of drug-likeness (QED) is 0.526. The van der Waals surface area contributed by atoms with Crippen molar-refractivity contribution in [1.29, 1.82) is 0 Å². The molecule has 28 heavy (non-hydrogen) atoms. The number of thioether (sulfide) groups is 1. The zero-order chi connectivity index (χ0) is 19.5. The van der Waals surface area contributed by atoms with Crippen LogP contribution < -0.4 is 10.9 Å². The van der Waals surface area contributed by atoms with E-state index >= 15 is 0 Å². The maximum Gasteiger partial charge on any atom is 0.300 e. The molecule has 0 aliphatic carbocycles. The maximum atomic E-state index is 12.9. The first kappa shape index (κ1) is 17.9. The largest absolute Gasteiger partial charge is 0.325 e. The molecule has 2 aromatic carbocycles. The summed E-state index contributed by atoms with van der Waals surface area (Å²) in [5.41, 5.74) is 1.10. The van der Waals surface area contributed by atoms with Gasteiger partial charge in [0.2, 0.25) is 11.6 Å². The Morgan fingerprint density at radius 3 is 2.54 bits per heavy atom. The summed E-state index contributed by atoms with van der Waals surface area (Å²) in [6.07, 6.45) is 3.32. The van der Waals surface area contributed by atoms with E-state index in [1.54, 1.807) is 16.8 Å². The van der Waals surface area contributed by atoms with E-state index in [0.717, 1.165) is 17.4 Å². The summed E-state index contributed by atoms with van der Waals surface area (Å²) < 4.78 is 16.0. The second-order valence-electron chi connectivity index (χ2n) is 5.83. The number of carbonyl (C=O) groups excluding carboxylic acids is 1. The number of aromatic nitrogens is 4. The van der Waals surface area contributed by atoms with E-state index in [2.05, 4.69) is 15.5 Å². The van der Waals surface area contributed by atoms with Gasteiger partial charge < -0.3 is 5.32 Å². The average Bonchev–Trinajstić information content (AvgIpc) is 3.13. The van der Waals surface area contributed by atoms with E-state index in [1.807, 2.05) is 30.3 Å². The molecule has 4 aromatic rings. The van der Waals surface area contributed by atoms with Crippen LogP contribution in [-0.4, -0.2) is 30.8 Å². The average molecular weight is 395 g/mol. The van der Waals surface area contributed by atoms with Crippen LogP contribution in [0.1, 0.15) is 0 Å². The number of halogens is 1. The molecule has 0 aliphatic heterocycles. The number of hydrogen-bond donors (Lipinski definition) is 1. The number of rotatable bonds is 5. The Labute approximate surface area is 162 Å². The molecule has 140 valence electrons. The van der Waals surface area contributed by atoms with Crippen molar-refractivity contribution in [2.24, 2.45) is 0 Å². The molecule has 9 heteroatoms. The van der Waals surface area contributed by atoms with Crippen LogP contribution in [0.2, 0.25) is 0 Å². The minimum atomic E-state index is -0.372. The number of nitrogens with zero attached hydrogens (tertiary/aromatic N) is 4. The highest BCUT2D eigenvalue weighted by Crippen LogP contribution is 2.17. The second kappa shape index (κ2) is 7.65. The molecule has 0 atom stereocenters. The molecule has 2 heterocycles. The number of anilines is 1. The van der Waals surface area contributed by atoms with Gasteiger partial charge in [-0.25, -0.2) is 4.39 Å². The molecule has 0 spiro atoms. The molecule has 4 rings (SSSR count). The molecule has 1 amide bonds. The lowest BCUT2D eigenvalue weighted by atomic mass is 10.3. The summed E-state index contributed by atoms with van der Waals surface area (Å²) in [6.45, 7) is 0. The van der Waals surface area contributed by atoms with Crippen molar-refractivity contribution in [2.75, 3.05) is 11.1 Å². The molecule has 1 N–H and O–H groups in total. The Morgan fingerprint density at radius 2 is 1.79 bits per heavy atom. The van der Waals surface area contributed by atoms with Gasteiger partial charge in [-0.15, -0.1) is 10.2 Å². The molecule has 0 saturated heterocycles. The fraction of sp³-hybridized carbons (Fsp3) is 0.0526.